The number of pyridine rings is 1. The molecule has 38 heavy (non-hydrogen) atoms. The Labute approximate surface area is 219 Å². The van der Waals surface area contributed by atoms with E-state index in [9.17, 15) is 35.9 Å². The van der Waals surface area contributed by atoms with Gasteiger partial charge in [0.05, 0.1) is 17.8 Å². The van der Waals surface area contributed by atoms with E-state index in [0.717, 1.165) is 28.0 Å². The van der Waals surface area contributed by atoms with Gasteiger partial charge in [-0.15, -0.1) is 0 Å². The zero-order chi connectivity index (χ0) is 27.9. The normalized spacial score (nSPS) is 20.5. The zero-order valence-electron chi connectivity index (χ0n) is 20.4. The summed E-state index contributed by atoms with van der Waals surface area (Å²) in [4.78, 5) is 35.7. The molecular formula is C24H24ClF6N5O2. The summed E-state index contributed by atoms with van der Waals surface area (Å²) in [6.45, 7) is 2.10. The number of hydrogen-bond acceptors (Lipinski definition) is 4. The van der Waals surface area contributed by atoms with Crippen LogP contribution in [-0.4, -0.2) is 78.7 Å². The van der Waals surface area contributed by atoms with Crippen LogP contribution in [-0.2, 0) is 11.0 Å². The number of rotatable bonds is 6. The Morgan fingerprint density at radius 1 is 1.18 bits per heavy atom. The van der Waals surface area contributed by atoms with Crippen LogP contribution >= 0.6 is 11.6 Å². The molecule has 3 heterocycles. The van der Waals surface area contributed by atoms with Crippen LogP contribution in [0.3, 0.4) is 0 Å². The monoisotopic (exact) mass is 563 g/mol. The second-order valence-corrected chi connectivity index (χ2v) is 9.62. The van der Waals surface area contributed by atoms with Gasteiger partial charge < -0.3 is 9.80 Å². The van der Waals surface area contributed by atoms with Crippen molar-refractivity contribution in [2.75, 3.05) is 49.6 Å². The molecule has 2 aliphatic heterocycles. The van der Waals surface area contributed by atoms with Crippen LogP contribution in [0.25, 0.3) is 0 Å². The molecular weight excluding hydrogens is 540 g/mol. The molecule has 206 valence electrons. The molecule has 0 spiro atoms. The van der Waals surface area contributed by atoms with E-state index >= 15 is 0 Å². The molecule has 2 fully saturated rings. The van der Waals surface area contributed by atoms with Gasteiger partial charge in [0.25, 0.3) is 5.91 Å². The van der Waals surface area contributed by atoms with Gasteiger partial charge in [-0.25, -0.2) is 22.9 Å². The van der Waals surface area contributed by atoms with Crippen molar-refractivity contribution in [2.24, 2.45) is 0 Å². The van der Waals surface area contributed by atoms with Crippen molar-refractivity contribution in [1.82, 2.24) is 14.8 Å². The highest BCUT2D eigenvalue weighted by atomic mass is 35.5. The predicted molar refractivity (Wildman–Crippen MR) is 128 cm³/mol. The molecule has 7 nitrogen and oxygen atoms in total. The first kappa shape index (κ1) is 28.0. The van der Waals surface area contributed by atoms with Crippen molar-refractivity contribution in [3.63, 3.8) is 0 Å². The van der Waals surface area contributed by atoms with Crippen LogP contribution in [0.4, 0.5) is 42.6 Å². The molecule has 2 saturated heterocycles. The number of likely N-dealkylation sites (tertiary alicyclic amines) is 1. The molecule has 1 aromatic heterocycles. The number of nitrogens with zero attached hydrogens (tertiary/aromatic N) is 5. The van der Waals surface area contributed by atoms with Crippen molar-refractivity contribution < 1.29 is 35.9 Å². The third-order valence-corrected chi connectivity index (χ3v) is 6.93. The molecule has 2 aliphatic rings. The Morgan fingerprint density at radius 2 is 1.89 bits per heavy atom. The maximum absolute atomic E-state index is 14.7. The van der Waals surface area contributed by atoms with E-state index in [2.05, 4.69) is 4.98 Å². The summed E-state index contributed by atoms with van der Waals surface area (Å²) < 4.78 is 82.4. The van der Waals surface area contributed by atoms with Crippen LogP contribution in [0, 0.1) is 18.6 Å². The Kier molecular flexibility index (Phi) is 7.80. The number of urea groups is 1. The standard InChI is InChI=1S/C24H24ClF6N5O2/c1-13-9-14(24(29,30)31)10-19(32-13)36-18(12-35(23(36)38)8-7-34-6-5-15(26)11-34)22(37)33(2)17-4-3-16(27)20(25)21(17)28/h3-4,9-10,15,18H,5-8,11-12H2,1-2H3/t15-,18-/m0/s1. The first-order valence-corrected chi connectivity index (χ1v) is 12.1. The summed E-state index contributed by atoms with van der Waals surface area (Å²) >= 11 is 5.64. The molecule has 0 bridgehead atoms. The van der Waals surface area contributed by atoms with Crippen LogP contribution in [0.15, 0.2) is 24.3 Å². The molecule has 2 atom stereocenters. The van der Waals surface area contributed by atoms with Gasteiger partial charge in [0.15, 0.2) is 5.82 Å². The molecule has 14 heteroatoms. The lowest BCUT2D eigenvalue weighted by Crippen LogP contribution is -2.47. The predicted octanol–water partition coefficient (Wildman–Crippen LogP) is 4.66. The number of likely N-dealkylation sites (N-methyl/N-ethyl adjacent to an activating group) is 1. The first-order valence-electron chi connectivity index (χ1n) is 11.7. The van der Waals surface area contributed by atoms with Gasteiger partial charge in [-0.3, -0.25) is 14.6 Å². The Balaban J connectivity index is 1.68. The lowest BCUT2D eigenvalue weighted by molar-refractivity contribution is -0.137. The van der Waals surface area contributed by atoms with Crippen molar-refractivity contribution in [3.8, 4) is 0 Å². The minimum Gasteiger partial charge on any atom is -0.320 e. The molecule has 0 saturated carbocycles. The van der Waals surface area contributed by atoms with Gasteiger partial charge in [0, 0.05) is 38.9 Å². The molecule has 0 radical (unpaired) electrons. The fourth-order valence-corrected chi connectivity index (χ4v) is 4.75. The number of hydrogen-bond donors (Lipinski definition) is 0. The SMILES string of the molecule is Cc1cc(C(F)(F)F)cc(N2C(=O)N(CCN3CC[C@H](F)C3)C[C@H]2C(=O)N(C)c2ccc(F)c(Cl)c2F)n1. The fourth-order valence-electron chi connectivity index (χ4n) is 4.59. The fraction of sp³-hybridized carbons (Fsp3) is 0.458. The van der Waals surface area contributed by atoms with E-state index in [1.807, 2.05) is 0 Å². The van der Waals surface area contributed by atoms with Crippen LogP contribution in [0.1, 0.15) is 17.7 Å². The Hall–Kier alpha value is -3.06. The highest BCUT2D eigenvalue weighted by Crippen LogP contribution is 2.35. The molecule has 0 aliphatic carbocycles. The van der Waals surface area contributed by atoms with Gasteiger partial charge >= 0.3 is 12.2 Å². The topological polar surface area (TPSA) is 60.0 Å². The molecule has 4 rings (SSSR count). The number of anilines is 2. The van der Waals surface area contributed by atoms with Crippen molar-refractivity contribution in [2.45, 2.75) is 31.7 Å². The van der Waals surface area contributed by atoms with E-state index < -0.39 is 58.4 Å². The van der Waals surface area contributed by atoms with Gasteiger partial charge in [0.2, 0.25) is 0 Å². The third kappa shape index (κ3) is 5.53. The average Bonchev–Trinajstić information content (AvgIpc) is 3.41. The quantitative estimate of drug-likeness (QED) is 0.379. The van der Waals surface area contributed by atoms with E-state index in [0.29, 0.717) is 19.0 Å². The van der Waals surface area contributed by atoms with Crippen molar-refractivity contribution in [3.05, 3.63) is 52.2 Å². The summed E-state index contributed by atoms with van der Waals surface area (Å²) in [7, 11) is 1.18. The smallest absolute Gasteiger partial charge is 0.320 e. The molecule has 1 aromatic carbocycles. The van der Waals surface area contributed by atoms with Gasteiger partial charge in [-0.2, -0.15) is 13.2 Å². The molecule has 3 amide bonds. The van der Waals surface area contributed by atoms with Crippen molar-refractivity contribution in [1.29, 1.82) is 0 Å². The molecule has 0 N–H and O–H groups in total. The number of amides is 3. The largest absolute Gasteiger partial charge is 0.416 e. The molecule has 2 aromatic rings. The van der Waals surface area contributed by atoms with Crippen LogP contribution in [0.5, 0.6) is 0 Å². The highest BCUT2D eigenvalue weighted by molar-refractivity contribution is 6.31. The van der Waals surface area contributed by atoms with Gasteiger partial charge in [-0.05, 0) is 37.6 Å². The minimum atomic E-state index is -4.74. The van der Waals surface area contributed by atoms with Crippen LogP contribution in [0.2, 0.25) is 5.02 Å². The third-order valence-electron chi connectivity index (χ3n) is 6.59. The van der Waals surface area contributed by atoms with Gasteiger partial charge in [-0.1, -0.05) is 11.6 Å². The maximum Gasteiger partial charge on any atom is 0.416 e. The summed E-state index contributed by atoms with van der Waals surface area (Å²) in [5.41, 5.74) is -1.48. The second-order valence-electron chi connectivity index (χ2n) is 9.25. The average molecular weight is 564 g/mol. The van der Waals surface area contributed by atoms with E-state index in [1.54, 1.807) is 4.90 Å². The van der Waals surface area contributed by atoms with Crippen LogP contribution < -0.4 is 9.80 Å². The highest BCUT2D eigenvalue weighted by Gasteiger charge is 2.45. The van der Waals surface area contributed by atoms with E-state index in [1.165, 1.54) is 18.9 Å². The van der Waals surface area contributed by atoms with Crippen molar-refractivity contribution >= 4 is 35.0 Å². The lowest BCUT2D eigenvalue weighted by Gasteiger charge is -2.27. The minimum absolute atomic E-state index is 0.0388. The lowest BCUT2D eigenvalue weighted by atomic mass is 10.1. The Bertz CT molecular complexity index is 1250. The zero-order valence-corrected chi connectivity index (χ0v) is 21.2. The maximum atomic E-state index is 14.7. The van der Waals surface area contributed by atoms with E-state index in [4.69, 9.17) is 11.6 Å². The number of benzene rings is 1. The Morgan fingerprint density at radius 3 is 2.53 bits per heavy atom. The summed E-state index contributed by atoms with van der Waals surface area (Å²) in [5.74, 6) is -3.51. The summed E-state index contributed by atoms with van der Waals surface area (Å²) in [6.07, 6.45) is -5.38. The number of alkyl halides is 4. The number of carbonyl (C=O) groups is 2. The summed E-state index contributed by atoms with van der Waals surface area (Å²) in [5, 5.41) is -0.838. The second kappa shape index (κ2) is 10.6. The number of aromatic nitrogens is 1. The van der Waals surface area contributed by atoms with E-state index in [-0.39, 0.29) is 37.6 Å². The first-order chi connectivity index (χ1) is 17.8. The summed E-state index contributed by atoms with van der Waals surface area (Å²) in [6, 6.07) is 1.15. The number of aryl methyl sites for hydroxylation is 1. The molecule has 0 unspecified atom stereocenters. The van der Waals surface area contributed by atoms with Gasteiger partial charge in [0.1, 0.15) is 28.9 Å². The number of halogens is 7. The number of carbonyl (C=O) groups excluding carboxylic acids is 2.